The van der Waals surface area contributed by atoms with E-state index in [2.05, 4.69) is 6.92 Å². The second-order valence-electron chi connectivity index (χ2n) is 8.16. The number of aromatic carboxylic acids is 1. The Morgan fingerprint density at radius 1 is 0.966 bits per heavy atom. The van der Waals surface area contributed by atoms with Crippen LogP contribution >= 0.6 is 0 Å². The second kappa shape index (κ2) is 7.82. The van der Waals surface area contributed by atoms with Crippen LogP contribution in [-0.4, -0.2) is 27.8 Å². The Hall–Kier alpha value is -2.95. The lowest BCUT2D eigenvalue weighted by molar-refractivity contribution is 0.0470. The summed E-state index contributed by atoms with van der Waals surface area (Å²) in [5.41, 5.74) is 1.44. The molecule has 5 nitrogen and oxygen atoms in total. The highest BCUT2D eigenvalue weighted by molar-refractivity contribution is 6.22. The van der Waals surface area contributed by atoms with Gasteiger partial charge >= 0.3 is 5.97 Å². The number of carbonyl (C=O) groups is 3. The van der Waals surface area contributed by atoms with Gasteiger partial charge in [-0.15, -0.1) is 0 Å². The van der Waals surface area contributed by atoms with Gasteiger partial charge in [0.1, 0.15) is 0 Å². The van der Waals surface area contributed by atoms with E-state index in [-0.39, 0.29) is 34.6 Å². The van der Waals surface area contributed by atoms with Crippen molar-refractivity contribution in [1.29, 1.82) is 0 Å². The Morgan fingerprint density at radius 3 is 2.28 bits per heavy atom. The van der Waals surface area contributed by atoms with Crippen molar-refractivity contribution in [2.24, 2.45) is 11.8 Å². The number of nitrogens with zero attached hydrogens (tertiary/aromatic N) is 1. The fourth-order valence-electron chi connectivity index (χ4n) is 4.90. The molecule has 1 saturated carbocycles. The van der Waals surface area contributed by atoms with E-state index in [9.17, 15) is 19.5 Å². The van der Waals surface area contributed by atoms with Crippen molar-refractivity contribution in [2.45, 2.75) is 45.1 Å². The Labute approximate surface area is 170 Å². The number of hydrogen-bond donors (Lipinski definition) is 1. The van der Waals surface area contributed by atoms with Crippen molar-refractivity contribution >= 4 is 17.8 Å². The number of carboxylic acid groups (broad SMARTS) is 1. The monoisotopic (exact) mass is 391 g/mol. The summed E-state index contributed by atoms with van der Waals surface area (Å²) in [7, 11) is 0. The third kappa shape index (κ3) is 3.46. The summed E-state index contributed by atoms with van der Waals surface area (Å²) in [5.74, 6) is -1.27. The van der Waals surface area contributed by atoms with Gasteiger partial charge in [-0.2, -0.15) is 0 Å². The summed E-state index contributed by atoms with van der Waals surface area (Å²) in [6, 6.07) is 13.5. The Balaban J connectivity index is 1.75. The van der Waals surface area contributed by atoms with Crippen LogP contribution in [0.15, 0.2) is 48.5 Å². The number of rotatable bonds is 5. The SMILES string of the molecule is CC(C1CCCCC1)[C@@H](c1ccccc1)N1C(=O)c2ccc(C(=O)O)cc2C1=O. The van der Waals surface area contributed by atoms with E-state index in [1.165, 1.54) is 42.4 Å². The molecule has 0 bridgehead atoms. The highest BCUT2D eigenvalue weighted by atomic mass is 16.4. The lowest BCUT2D eigenvalue weighted by atomic mass is 9.75. The molecule has 1 unspecified atom stereocenters. The summed E-state index contributed by atoms with van der Waals surface area (Å²) >= 11 is 0. The largest absolute Gasteiger partial charge is 0.478 e. The first-order valence-corrected chi connectivity index (χ1v) is 10.3. The van der Waals surface area contributed by atoms with Crippen molar-refractivity contribution < 1.29 is 19.5 Å². The first-order valence-electron chi connectivity index (χ1n) is 10.3. The molecule has 1 aliphatic heterocycles. The molecule has 0 radical (unpaired) electrons. The average molecular weight is 391 g/mol. The van der Waals surface area contributed by atoms with E-state index < -0.39 is 11.9 Å². The molecule has 4 rings (SSSR count). The quantitative estimate of drug-likeness (QED) is 0.733. The minimum absolute atomic E-state index is 0.0170. The standard InChI is InChI=1S/C24H25NO4/c1-15(16-8-4-2-5-9-16)21(17-10-6-3-7-11-17)25-22(26)19-13-12-18(24(28)29)14-20(19)23(25)27/h3,6-7,10-16,21H,2,4-5,8-9H2,1H3,(H,28,29)/t15?,21-/m0/s1. The molecule has 2 aliphatic rings. The lowest BCUT2D eigenvalue weighted by Gasteiger charge is -2.37. The van der Waals surface area contributed by atoms with Crippen molar-refractivity contribution in [3.8, 4) is 0 Å². The molecule has 2 aromatic carbocycles. The van der Waals surface area contributed by atoms with Crippen molar-refractivity contribution in [2.75, 3.05) is 0 Å². The van der Waals surface area contributed by atoms with Gasteiger partial charge in [0.05, 0.1) is 22.7 Å². The summed E-state index contributed by atoms with van der Waals surface area (Å²) in [4.78, 5) is 39.2. The van der Waals surface area contributed by atoms with Gasteiger partial charge in [0.25, 0.3) is 11.8 Å². The van der Waals surface area contributed by atoms with E-state index in [4.69, 9.17) is 0 Å². The maximum Gasteiger partial charge on any atom is 0.335 e. The fourth-order valence-corrected chi connectivity index (χ4v) is 4.90. The van der Waals surface area contributed by atoms with Crippen LogP contribution in [0.5, 0.6) is 0 Å². The molecule has 2 aromatic rings. The smallest absolute Gasteiger partial charge is 0.335 e. The number of amides is 2. The molecule has 1 aliphatic carbocycles. The zero-order valence-corrected chi connectivity index (χ0v) is 16.5. The number of imide groups is 1. The number of hydrogen-bond acceptors (Lipinski definition) is 3. The minimum Gasteiger partial charge on any atom is -0.478 e. The van der Waals surface area contributed by atoms with E-state index in [0.29, 0.717) is 5.92 Å². The Kier molecular flexibility index (Phi) is 5.22. The summed E-state index contributed by atoms with van der Waals surface area (Å²) in [6.07, 6.45) is 5.82. The third-order valence-electron chi connectivity index (χ3n) is 6.48. The van der Waals surface area contributed by atoms with Gasteiger partial charge in [0.15, 0.2) is 0 Å². The van der Waals surface area contributed by atoms with Crippen molar-refractivity contribution in [3.63, 3.8) is 0 Å². The molecule has 150 valence electrons. The lowest BCUT2D eigenvalue weighted by Crippen LogP contribution is -2.40. The highest BCUT2D eigenvalue weighted by Gasteiger charge is 2.44. The first kappa shape index (κ1) is 19.4. The van der Waals surface area contributed by atoms with Crippen molar-refractivity contribution in [1.82, 2.24) is 4.90 Å². The molecule has 1 fully saturated rings. The molecule has 1 N–H and O–H groups in total. The fraction of sp³-hybridized carbons (Fsp3) is 0.375. The van der Waals surface area contributed by atoms with Gasteiger partial charge < -0.3 is 5.11 Å². The molecular weight excluding hydrogens is 366 g/mol. The predicted octanol–water partition coefficient (Wildman–Crippen LogP) is 4.94. The Bertz CT molecular complexity index is 947. The normalized spacial score (nSPS) is 19.1. The van der Waals surface area contributed by atoms with Crippen LogP contribution in [0.25, 0.3) is 0 Å². The van der Waals surface area contributed by atoms with Crippen LogP contribution in [0.2, 0.25) is 0 Å². The van der Waals surface area contributed by atoms with Gasteiger partial charge in [-0.05, 0) is 35.6 Å². The average Bonchev–Trinajstić information content (AvgIpc) is 3.00. The van der Waals surface area contributed by atoms with E-state index >= 15 is 0 Å². The van der Waals surface area contributed by atoms with Crippen LogP contribution in [0.3, 0.4) is 0 Å². The van der Waals surface area contributed by atoms with E-state index in [1.54, 1.807) is 0 Å². The molecule has 2 amide bonds. The van der Waals surface area contributed by atoms with E-state index in [0.717, 1.165) is 18.4 Å². The molecule has 1 heterocycles. The van der Waals surface area contributed by atoms with Crippen LogP contribution in [-0.2, 0) is 0 Å². The molecule has 5 heteroatoms. The minimum atomic E-state index is -1.11. The summed E-state index contributed by atoms with van der Waals surface area (Å²) < 4.78 is 0. The van der Waals surface area contributed by atoms with E-state index in [1.807, 2.05) is 30.3 Å². The number of benzene rings is 2. The Morgan fingerprint density at radius 2 is 1.62 bits per heavy atom. The van der Waals surface area contributed by atoms with Crippen LogP contribution in [0.1, 0.15) is 81.7 Å². The van der Waals surface area contributed by atoms with Gasteiger partial charge in [0, 0.05) is 0 Å². The summed E-state index contributed by atoms with van der Waals surface area (Å²) in [5, 5.41) is 9.27. The van der Waals surface area contributed by atoms with Gasteiger partial charge in [-0.25, -0.2) is 4.79 Å². The summed E-state index contributed by atoms with van der Waals surface area (Å²) in [6.45, 7) is 2.14. The van der Waals surface area contributed by atoms with Gasteiger partial charge in [-0.3, -0.25) is 14.5 Å². The van der Waals surface area contributed by atoms with Gasteiger partial charge in [-0.1, -0.05) is 69.4 Å². The molecular formula is C24H25NO4. The maximum absolute atomic E-state index is 13.3. The highest BCUT2D eigenvalue weighted by Crippen LogP contribution is 2.42. The van der Waals surface area contributed by atoms with Crippen LogP contribution in [0.4, 0.5) is 0 Å². The van der Waals surface area contributed by atoms with Crippen LogP contribution < -0.4 is 0 Å². The maximum atomic E-state index is 13.3. The molecule has 2 atom stereocenters. The number of carbonyl (C=O) groups excluding carboxylic acids is 2. The van der Waals surface area contributed by atoms with Crippen LogP contribution in [0, 0.1) is 11.8 Å². The predicted molar refractivity (Wildman–Crippen MR) is 109 cm³/mol. The molecule has 0 spiro atoms. The van der Waals surface area contributed by atoms with Gasteiger partial charge in [0.2, 0.25) is 0 Å². The number of carboxylic acids is 1. The zero-order chi connectivity index (χ0) is 20.5. The molecule has 0 aromatic heterocycles. The topological polar surface area (TPSA) is 74.7 Å². The number of fused-ring (bicyclic) bond motifs is 1. The molecule has 0 saturated heterocycles. The zero-order valence-electron chi connectivity index (χ0n) is 16.5. The third-order valence-corrected chi connectivity index (χ3v) is 6.48. The van der Waals surface area contributed by atoms with Crippen molar-refractivity contribution in [3.05, 3.63) is 70.8 Å². The first-order chi connectivity index (χ1) is 14.0. The molecule has 29 heavy (non-hydrogen) atoms. The second-order valence-corrected chi connectivity index (χ2v) is 8.16.